The largest absolute Gasteiger partial charge is 0.465 e. The van der Waals surface area contributed by atoms with E-state index in [0.29, 0.717) is 17.9 Å². The highest BCUT2D eigenvalue weighted by Crippen LogP contribution is 2.27. The average molecular weight is 445 g/mol. The molecule has 0 fully saturated rings. The van der Waals surface area contributed by atoms with Gasteiger partial charge in [0.15, 0.2) is 0 Å². The average Bonchev–Trinajstić information content (AvgIpc) is 3.19. The molecule has 0 bridgehead atoms. The summed E-state index contributed by atoms with van der Waals surface area (Å²) in [7, 11) is 1.29. The number of methoxy groups -OCH3 is 1. The van der Waals surface area contributed by atoms with E-state index in [1.807, 2.05) is 0 Å². The number of hydrogen-bond acceptors (Lipinski definition) is 7. The van der Waals surface area contributed by atoms with Crippen LogP contribution in [0.25, 0.3) is 5.69 Å². The van der Waals surface area contributed by atoms with Crippen molar-refractivity contribution in [1.82, 2.24) is 14.8 Å². The number of halogens is 1. The fourth-order valence-electron chi connectivity index (χ4n) is 3.49. The molecule has 2 aromatic heterocycles. The predicted octanol–water partition coefficient (Wildman–Crippen LogP) is 3.66. The molecule has 3 aromatic rings. The fraction of sp³-hybridized carbons (Fsp3) is 0.333. The Hall–Kier alpha value is -2.71. The van der Waals surface area contributed by atoms with Gasteiger partial charge in [0.25, 0.3) is 5.56 Å². The molecular weight excluding hydrogens is 424 g/mol. The minimum atomic E-state index is -0.552. The Balaban J connectivity index is 1.50. The van der Waals surface area contributed by atoms with Gasteiger partial charge in [0.2, 0.25) is 0 Å². The number of hydrogen-bond donors (Lipinski definition) is 1. The van der Waals surface area contributed by atoms with E-state index in [0.717, 1.165) is 29.0 Å². The monoisotopic (exact) mass is 444 g/mol. The summed E-state index contributed by atoms with van der Waals surface area (Å²) in [5, 5.41) is 8.49. The minimum Gasteiger partial charge on any atom is -0.465 e. The number of nitrogens with one attached hydrogen (secondary N) is 1. The quantitative estimate of drug-likeness (QED) is 0.584. The van der Waals surface area contributed by atoms with E-state index in [9.17, 15) is 9.59 Å². The second kappa shape index (κ2) is 8.97. The highest BCUT2D eigenvalue weighted by Gasteiger charge is 2.18. The van der Waals surface area contributed by atoms with Crippen LogP contribution in [0.3, 0.4) is 0 Å². The highest BCUT2D eigenvalue weighted by atomic mass is 35.5. The number of ether oxygens (including phenoxy) is 1. The van der Waals surface area contributed by atoms with Crippen molar-refractivity contribution >= 4 is 34.6 Å². The first-order valence-electron chi connectivity index (χ1n) is 9.75. The van der Waals surface area contributed by atoms with E-state index in [-0.39, 0.29) is 10.6 Å². The Bertz CT molecular complexity index is 1120. The van der Waals surface area contributed by atoms with E-state index < -0.39 is 11.5 Å². The molecule has 1 aromatic carbocycles. The van der Waals surface area contributed by atoms with Gasteiger partial charge >= 0.3 is 5.97 Å². The maximum Gasteiger partial charge on any atom is 0.340 e. The van der Waals surface area contributed by atoms with Crippen LogP contribution in [-0.4, -0.2) is 34.4 Å². The summed E-state index contributed by atoms with van der Waals surface area (Å²) in [6.07, 6.45) is 6.89. The summed E-state index contributed by atoms with van der Waals surface area (Å²) in [6, 6.07) is 6.59. The van der Waals surface area contributed by atoms with Gasteiger partial charge in [0.1, 0.15) is 5.02 Å². The molecule has 4 rings (SSSR count). The summed E-state index contributed by atoms with van der Waals surface area (Å²) >= 11 is 8.09. The van der Waals surface area contributed by atoms with Crippen molar-refractivity contribution in [3.8, 4) is 5.69 Å². The molecule has 0 aliphatic heterocycles. The number of thiazole rings is 1. The van der Waals surface area contributed by atoms with Crippen LogP contribution >= 0.6 is 22.9 Å². The van der Waals surface area contributed by atoms with Gasteiger partial charge in [-0.2, -0.15) is 9.78 Å². The number of benzene rings is 1. The fourth-order valence-corrected chi connectivity index (χ4v) is 4.84. The standard InChI is InChI=1S/C21H21ClN4O3S/c1-29-21(28)13-6-2-4-8-16(13)26-20(27)19(22)15(12-24-26)23-11-10-18-25-14-7-3-5-9-17(14)30-18/h2,4,6,8,12,23H,3,5,7,9-11H2,1H3. The molecule has 0 saturated carbocycles. The summed E-state index contributed by atoms with van der Waals surface area (Å²) in [5.74, 6) is -0.552. The minimum absolute atomic E-state index is 0.0168. The molecule has 9 heteroatoms. The van der Waals surface area contributed by atoms with Gasteiger partial charge in [0, 0.05) is 17.8 Å². The lowest BCUT2D eigenvalue weighted by Gasteiger charge is -2.12. The molecule has 1 N–H and O–H groups in total. The zero-order chi connectivity index (χ0) is 21.1. The summed E-state index contributed by atoms with van der Waals surface area (Å²) in [5.41, 5.74) is 1.74. The zero-order valence-corrected chi connectivity index (χ0v) is 18.1. The maximum atomic E-state index is 12.8. The van der Waals surface area contributed by atoms with E-state index in [1.165, 1.54) is 36.7 Å². The maximum absolute atomic E-state index is 12.8. The lowest BCUT2D eigenvalue weighted by molar-refractivity contribution is 0.0600. The van der Waals surface area contributed by atoms with Crippen LogP contribution in [0.15, 0.2) is 35.3 Å². The molecule has 1 aliphatic rings. The topological polar surface area (TPSA) is 86.1 Å². The molecule has 0 spiro atoms. The number of nitrogens with zero attached hydrogens (tertiary/aromatic N) is 3. The Kier molecular flexibility index (Phi) is 6.15. The normalized spacial score (nSPS) is 13.0. The number of aromatic nitrogens is 3. The molecule has 1 aliphatic carbocycles. The first-order valence-corrected chi connectivity index (χ1v) is 10.9. The van der Waals surface area contributed by atoms with Crippen molar-refractivity contribution in [1.29, 1.82) is 0 Å². The van der Waals surface area contributed by atoms with Crippen molar-refractivity contribution in [2.24, 2.45) is 0 Å². The van der Waals surface area contributed by atoms with E-state index in [1.54, 1.807) is 35.6 Å². The number of carbonyl (C=O) groups excluding carboxylic acids is 1. The van der Waals surface area contributed by atoms with Crippen molar-refractivity contribution < 1.29 is 9.53 Å². The van der Waals surface area contributed by atoms with Crippen molar-refractivity contribution in [3.63, 3.8) is 0 Å². The van der Waals surface area contributed by atoms with Crippen molar-refractivity contribution in [2.45, 2.75) is 32.1 Å². The number of anilines is 1. The van der Waals surface area contributed by atoms with E-state index >= 15 is 0 Å². The van der Waals surface area contributed by atoms with Gasteiger partial charge in [-0.15, -0.1) is 11.3 Å². The molecular formula is C21H21ClN4O3S. The first-order chi connectivity index (χ1) is 14.6. The number of rotatable bonds is 6. The number of fused-ring (bicyclic) bond motifs is 1. The molecule has 0 amide bonds. The third-order valence-electron chi connectivity index (χ3n) is 5.00. The summed E-state index contributed by atoms with van der Waals surface area (Å²) in [6.45, 7) is 0.593. The molecule has 0 atom stereocenters. The third-order valence-corrected chi connectivity index (χ3v) is 6.58. The van der Waals surface area contributed by atoms with Crippen LogP contribution in [0.4, 0.5) is 5.69 Å². The molecule has 2 heterocycles. The second-order valence-electron chi connectivity index (χ2n) is 6.96. The summed E-state index contributed by atoms with van der Waals surface area (Å²) in [4.78, 5) is 30.9. The molecule has 156 valence electrons. The van der Waals surface area contributed by atoms with Crippen LogP contribution in [0.1, 0.15) is 38.8 Å². The molecule has 0 radical (unpaired) electrons. The number of esters is 1. The highest BCUT2D eigenvalue weighted by molar-refractivity contribution is 7.11. The summed E-state index contributed by atoms with van der Waals surface area (Å²) < 4.78 is 5.89. The van der Waals surface area contributed by atoms with E-state index in [4.69, 9.17) is 21.3 Å². The third kappa shape index (κ3) is 4.11. The van der Waals surface area contributed by atoms with Crippen molar-refractivity contribution in [3.05, 3.63) is 67.0 Å². The Morgan fingerprint density at radius 1 is 1.30 bits per heavy atom. The van der Waals surface area contributed by atoms with Crippen LogP contribution < -0.4 is 10.9 Å². The van der Waals surface area contributed by atoms with Crippen LogP contribution in [0.5, 0.6) is 0 Å². The molecule has 0 saturated heterocycles. The molecule has 30 heavy (non-hydrogen) atoms. The second-order valence-corrected chi connectivity index (χ2v) is 8.51. The number of carbonyl (C=O) groups is 1. The smallest absolute Gasteiger partial charge is 0.340 e. The van der Waals surface area contributed by atoms with Gasteiger partial charge in [-0.3, -0.25) is 4.79 Å². The SMILES string of the molecule is COC(=O)c1ccccc1-n1ncc(NCCc2nc3c(s2)CCCC3)c(Cl)c1=O. The lowest BCUT2D eigenvalue weighted by atomic mass is 10.0. The van der Waals surface area contributed by atoms with Gasteiger partial charge in [-0.05, 0) is 37.8 Å². The van der Waals surface area contributed by atoms with E-state index in [2.05, 4.69) is 10.4 Å². The zero-order valence-electron chi connectivity index (χ0n) is 16.5. The Morgan fingerprint density at radius 2 is 2.10 bits per heavy atom. The lowest BCUT2D eigenvalue weighted by Crippen LogP contribution is -2.25. The number of aryl methyl sites for hydroxylation is 2. The van der Waals surface area contributed by atoms with Gasteiger partial charge in [-0.25, -0.2) is 9.78 Å². The van der Waals surface area contributed by atoms with Gasteiger partial charge < -0.3 is 10.1 Å². The Labute approximate surface area is 182 Å². The first kappa shape index (κ1) is 20.6. The van der Waals surface area contributed by atoms with Crippen LogP contribution in [0.2, 0.25) is 5.02 Å². The van der Waals surface area contributed by atoms with Crippen LogP contribution in [0, 0.1) is 0 Å². The Morgan fingerprint density at radius 3 is 2.90 bits per heavy atom. The molecule has 0 unspecified atom stereocenters. The van der Waals surface area contributed by atoms with Crippen molar-refractivity contribution in [2.75, 3.05) is 19.0 Å². The van der Waals surface area contributed by atoms with Gasteiger partial charge in [-0.1, -0.05) is 23.7 Å². The predicted molar refractivity (Wildman–Crippen MR) is 117 cm³/mol. The van der Waals surface area contributed by atoms with Gasteiger partial charge in [0.05, 0.1) is 40.9 Å². The number of para-hydroxylation sites is 1. The van der Waals surface area contributed by atoms with Crippen LogP contribution in [-0.2, 0) is 24.0 Å². The molecule has 7 nitrogen and oxygen atoms in total.